The van der Waals surface area contributed by atoms with Crippen LogP contribution in [0, 0.1) is 18.8 Å². The van der Waals surface area contributed by atoms with E-state index in [2.05, 4.69) is 41.9 Å². The highest BCUT2D eigenvalue weighted by Gasteiger charge is 2.25. The zero-order valence-electron chi connectivity index (χ0n) is 12.8. The van der Waals surface area contributed by atoms with Crippen molar-refractivity contribution in [1.82, 2.24) is 15.1 Å². The molecule has 0 amide bonds. The Morgan fingerprint density at radius 2 is 2.11 bits per heavy atom. The van der Waals surface area contributed by atoms with Crippen LogP contribution in [0.25, 0.3) is 0 Å². The van der Waals surface area contributed by atoms with Gasteiger partial charge in [0.2, 0.25) is 0 Å². The molecular formula is C16H29N3. The highest BCUT2D eigenvalue weighted by atomic mass is 15.3. The van der Waals surface area contributed by atoms with Gasteiger partial charge < -0.3 is 5.32 Å². The molecule has 2 rings (SSSR count). The van der Waals surface area contributed by atoms with Gasteiger partial charge in [-0.15, -0.1) is 0 Å². The molecule has 19 heavy (non-hydrogen) atoms. The minimum atomic E-state index is 0.781. The number of nitrogens with one attached hydrogen (secondary N) is 1. The number of hydrogen-bond donors (Lipinski definition) is 1. The molecule has 1 aliphatic carbocycles. The number of aryl methyl sites for hydroxylation is 2. The summed E-state index contributed by atoms with van der Waals surface area (Å²) in [6, 6.07) is 2.28. The van der Waals surface area contributed by atoms with Gasteiger partial charge in [0.05, 0.1) is 5.69 Å². The van der Waals surface area contributed by atoms with E-state index < -0.39 is 0 Å². The monoisotopic (exact) mass is 263 g/mol. The fourth-order valence-electron chi connectivity index (χ4n) is 3.47. The minimum absolute atomic E-state index is 0.781. The van der Waals surface area contributed by atoms with Gasteiger partial charge in [0.15, 0.2) is 0 Å². The molecule has 1 heterocycles. The second kappa shape index (κ2) is 7.09. The first-order valence-electron chi connectivity index (χ1n) is 7.98. The summed E-state index contributed by atoms with van der Waals surface area (Å²) in [6.45, 7) is 9.72. The maximum Gasteiger partial charge on any atom is 0.0596 e. The largest absolute Gasteiger partial charge is 0.317 e. The van der Waals surface area contributed by atoms with E-state index in [9.17, 15) is 0 Å². The molecule has 0 bridgehead atoms. The molecule has 0 spiro atoms. The van der Waals surface area contributed by atoms with E-state index in [1.165, 1.54) is 37.8 Å². The van der Waals surface area contributed by atoms with Crippen LogP contribution in [0.2, 0.25) is 0 Å². The molecule has 1 aliphatic rings. The van der Waals surface area contributed by atoms with Crippen LogP contribution in [-0.2, 0) is 13.0 Å². The normalized spacial score (nSPS) is 18.1. The van der Waals surface area contributed by atoms with Crippen molar-refractivity contribution in [2.24, 2.45) is 11.8 Å². The van der Waals surface area contributed by atoms with E-state index in [0.717, 1.165) is 37.2 Å². The third-order valence-electron chi connectivity index (χ3n) is 4.48. The fraction of sp³-hybridized carbons (Fsp3) is 0.812. The van der Waals surface area contributed by atoms with Gasteiger partial charge in [0, 0.05) is 12.2 Å². The highest BCUT2D eigenvalue weighted by molar-refractivity contribution is 5.10. The summed E-state index contributed by atoms with van der Waals surface area (Å²) < 4.78 is 2.18. The van der Waals surface area contributed by atoms with E-state index in [1.807, 2.05) is 0 Å². The second-order valence-electron chi connectivity index (χ2n) is 5.91. The average Bonchev–Trinajstić information content (AvgIpc) is 3.03. The Kier molecular flexibility index (Phi) is 5.44. The van der Waals surface area contributed by atoms with Crippen molar-refractivity contribution in [2.45, 2.75) is 59.4 Å². The Labute approximate surface area is 117 Å². The van der Waals surface area contributed by atoms with Crippen LogP contribution in [0.15, 0.2) is 6.07 Å². The summed E-state index contributed by atoms with van der Waals surface area (Å²) in [5.41, 5.74) is 2.58. The first-order valence-corrected chi connectivity index (χ1v) is 7.98. The number of nitrogens with zero attached hydrogens (tertiary/aromatic N) is 2. The summed E-state index contributed by atoms with van der Waals surface area (Å²) in [6.07, 6.45) is 6.90. The Morgan fingerprint density at radius 1 is 1.37 bits per heavy atom. The van der Waals surface area contributed by atoms with Gasteiger partial charge in [-0.25, -0.2) is 0 Å². The maximum atomic E-state index is 4.59. The first-order chi connectivity index (χ1) is 9.24. The molecule has 1 atom stereocenters. The summed E-state index contributed by atoms with van der Waals surface area (Å²) >= 11 is 0. The molecule has 1 aromatic heterocycles. The zero-order chi connectivity index (χ0) is 13.7. The molecule has 1 N–H and O–H groups in total. The molecule has 3 heteroatoms. The Morgan fingerprint density at radius 3 is 2.74 bits per heavy atom. The molecule has 0 radical (unpaired) electrons. The van der Waals surface area contributed by atoms with E-state index in [1.54, 1.807) is 0 Å². The molecule has 3 nitrogen and oxygen atoms in total. The molecule has 108 valence electrons. The van der Waals surface area contributed by atoms with Crippen molar-refractivity contribution in [3.8, 4) is 0 Å². The predicted molar refractivity (Wildman–Crippen MR) is 80.3 cm³/mol. The van der Waals surface area contributed by atoms with Gasteiger partial charge in [0.25, 0.3) is 0 Å². The summed E-state index contributed by atoms with van der Waals surface area (Å²) in [5.74, 6) is 1.70. The summed E-state index contributed by atoms with van der Waals surface area (Å²) in [7, 11) is 0. The van der Waals surface area contributed by atoms with Crippen molar-refractivity contribution in [3.05, 3.63) is 17.5 Å². The molecule has 0 saturated heterocycles. The predicted octanol–water partition coefficient (Wildman–Crippen LogP) is 3.17. The Balaban J connectivity index is 2.05. The quantitative estimate of drug-likeness (QED) is 0.819. The van der Waals surface area contributed by atoms with Crippen LogP contribution in [0.4, 0.5) is 0 Å². The maximum absolute atomic E-state index is 4.59. The highest BCUT2D eigenvalue weighted by Crippen LogP contribution is 2.33. The van der Waals surface area contributed by atoms with Crippen LogP contribution in [-0.4, -0.2) is 22.9 Å². The Hall–Kier alpha value is -0.830. The van der Waals surface area contributed by atoms with Crippen molar-refractivity contribution >= 4 is 0 Å². The molecule has 1 unspecified atom stereocenters. The van der Waals surface area contributed by atoms with Gasteiger partial charge in [0.1, 0.15) is 0 Å². The standard InChI is InChI=1S/C16H29N3/c1-4-17-12-15(14-8-6-7-9-14)11-16-10-13(3)18-19(16)5-2/h10,14-15,17H,4-9,11-12H2,1-3H3. The summed E-state index contributed by atoms with van der Waals surface area (Å²) in [5, 5.41) is 8.15. The average molecular weight is 263 g/mol. The van der Waals surface area contributed by atoms with Crippen molar-refractivity contribution in [1.29, 1.82) is 0 Å². The van der Waals surface area contributed by atoms with Crippen LogP contribution in [0.5, 0.6) is 0 Å². The molecule has 1 saturated carbocycles. The number of rotatable bonds is 7. The fourth-order valence-corrected chi connectivity index (χ4v) is 3.47. The van der Waals surface area contributed by atoms with Gasteiger partial charge >= 0.3 is 0 Å². The second-order valence-corrected chi connectivity index (χ2v) is 5.91. The lowest BCUT2D eigenvalue weighted by molar-refractivity contribution is 0.316. The lowest BCUT2D eigenvalue weighted by atomic mass is 9.87. The number of aromatic nitrogens is 2. The zero-order valence-corrected chi connectivity index (χ0v) is 12.8. The van der Waals surface area contributed by atoms with Crippen LogP contribution in [0.1, 0.15) is 50.9 Å². The third-order valence-corrected chi connectivity index (χ3v) is 4.48. The van der Waals surface area contributed by atoms with E-state index >= 15 is 0 Å². The molecule has 1 fully saturated rings. The topological polar surface area (TPSA) is 29.9 Å². The van der Waals surface area contributed by atoms with E-state index in [0.29, 0.717) is 0 Å². The lowest BCUT2D eigenvalue weighted by Gasteiger charge is -2.24. The van der Waals surface area contributed by atoms with E-state index in [4.69, 9.17) is 0 Å². The SMILES string of the molecule is CCNCC(Cc1cc(C)nn1CC)C1CCCC1. The lowest BCUT2D eigenvalue weighted by Crippen LogP contribution is -2.29. The smallest absolute Gasteiger partial charge is 0.0596 e. The van der Waals surface area contributed by atoms with Crippen LogP contribution >= 0.6 is 0 Å². The van der Waals surface area contributed by atoms with Gasteiger partial charge in [-0.05, 0) is 51.3 Å². The first kappa shape index (κ1) is 14.6. The summed E-state index contributed by atoms with van der Waals surface area (Å²) in [4.78, 5) is 0. The molecule has 0 aliphatic heterocycles. The van der Waals surface area contributed by atoms with Gasteiger partial charge in [-0.3, -0.25) is 4.68 Å². The van der Waals surface area contributed by atoms with Crippen molar-refractivity contribution in [3.63, 3.8) is 0 Å². The minimum Gasteiger partial charge on any atom is -0.317 e. The molecule has 0 aromatic carbocycles. The van der Waals surface area contributed by atoms with Crippen LogP contribution in [0.3, 0.4) is 0 Å². The van der Waals surface area contributed by atoms with Crippen LogP contribution < -0.4 is 5.32 Å². The van der Waals surface area contributed by atoms with Gasteiger partial charge in [-0.2, -0.15) is 5.10 Å². The third kappa shape index (κ3) is 3.82. The van der Waals surface area contributed by atoms with Crippen molar-refractivity contribution in [2.75, 3.05) is 13.1 Å². The Bertz CT molecular complexity index is 377. The van der Waals surface area contributed by atoms with E-state index in [-0.39, 0.29) is 0 Å². The van der Waals surface area contributed by atoms with Crippen molar-refractivity contribution < 1.29 is 0 Å². The number of hydrogen-bond acceptors (Lipinski definition) is 2. The molecule has 1 aromatic rings. The van der Waals surface area contributed by atoms with Gasteiger partial charge in [-0.1, -0.05) is 32.6 Å². The molecular weight excluding hydrogens is 234 g/mol.